The van der Waals surface area contributed by atoms with E-state index in [9.17, 15) is 0 Å². The first kappa shape index (κ1) is 11.9. The third-order valence-electron chi connectivity index (χ3n) is 1.95. The molecule has 3 nitrogen and oxygen atoms in total. The van der Waals surface area contributed by atoms with Gasteiger partial charge in [0.25, 0.3) is 0 Å². The highest BCUT2D eigenvalue weighted by atomic mass is 15.2. The molecule has 0 amide bonds. The van der Waals surface area contributed by atoms with Crippen LogP contribution in [0, 0.1) is 0 Å². The molecule has 74 valence electrons. The van der Waals surface area contributed by atoms with Gasteiger partial charge >= 0.3 is 0 Å². The summed E-state index contributed by atoms with van der Waals surface area (Å²) in [6.07, 6.45) is 3.39. The van der Waals surface area contributed by atoms with Crippen LogP contribution in [0.2, 0.25) is 0 Å². The van der Waals surface area contributed by atoms with Crippen molar-refractivity contribution >= 4 is 0 Å². The van der Waals surface area contributed by atoms with E-state index in [1.54, 1.807) is 0 Å². The fraction of sp³-hybridized carbons (Fsp3) is 1.00. The molecule has 0 rings (SSSR count). The summed E-state index contributed by atoms with van der Waals surface area (Å²) in [7, 11) is 0. The predicted molar refractivity (Wildman–Crippen MR) is 53.8 cm³/mol. The van der Waals surface area contributed by atoms with Gasteiger partial charge in [0.05, 0.1) is 6.17 Å². The zero-order valence-electron chi connectivity index (χ0n) is 8.42. The topological polar surface area (TPSA) is 55.3 Å². The van der Waals surface area contributed by atoms with Gasteiger partial charge in [-0.2, -0.15) is 0 Å². The van der Waals surface area contributed by atoms with Crippen LogP contribution in [0.15, 0.2) is 0 Å². The summed E-state index contributed by atoms with van der Waals surface area (Å²) in [5.74, 6) is 0. The van der Waals surface area contributed by atoms with Gasteiger partial charge in [-0.1, -0.05) is 13.8 Å². The largest absolute Gasteiger partial charge is 0.330 e. The van der Waals surface area contributed by atoms with Crippen LogP contribution in [0.5, 0.6) is 0 Å². The fourth-order valence-electron chi connectivity index (χ4n) is 1.37. The molecule has 0 aromatic heterocycles. The van der Waals surface area contributed by atoms with E-state index in [-0.39, 0.29) is 6.17 Å². The molecule has 0 fully saturated rings. The summed E-state index contributed by atoms with van der Waals surface area (Å²) in [6.45, 7) is 7.23. The first-order valence-corrected chi connectivity index (χ1v) is 4.95. The SMILES string of the molecule is CCCN(CCC)C(N)CCN. The van der Waals surface area contributed by atoms with Gasteiger partial charge in [0.2, 0.25) is 0 Å². The van der Waals surface area contributed by atoms with Crippen LogP contribution in [0.1, 0.15) is 33.1 Å². The van der Waals surface area contributed by atoms with Crippen LogP contribution in [0.3, 0.4) is 0 Å². The lowest BCUT2D eigenvalue weighted by atomic mass is 10.2. The van der Waals surface area contributed by atoms with Gasteiger partial charge < -0.3 is 11.5 Å². The fourth-order valence-corrected chi connectivity index (χ4v) is 1.37. The second-order valence-corrected chi connectivity index (χ2v) is 3.18. The van der Waals surface area contributed by atoms with Crippen LogP contribution in [0.25, 0.3) is 0 Å². The van der Waals surface area contributed by atoms with Crippen molar-refractivity contribution in [2.24, 2.45) is 11.5 Å². The third-order valence-corrected chi connectivity index (χ3v) is 1.95. The summed E-state index contributed by atoms with van der Waals surface area (Å²) in [5, 5.41) is 0. The van der Waals surface area contributed by atoms with Crippen LogP contribution >= 0.6 is 0 Å². The normalized spacial score (nSPS) is 13.8. The van der Waals surface area contributed by atoms with Crippen molar-refractivity contribution in [3.8, 4) is 0 Å². The van der Waals surface area contributed by atoms with Crippen molar-refractivity contribution in [3.63, 3.8) is 0 Å². The first-order valence-electron chi connectivity index (χ1n) is 4.95. The van der Waals surface area contributed by atoms with Crippen molar-refractivity contribution in [1.29, 1.82) is 0 Å². The third kappa shape index (κ3) is 4.70. The molecule has 0 radical (unpaired) electrons. The molecule has 1 unspecified atom stereocenters. The first-order chi connectivity index (χ1) is 5.76. The Hall–Kier alpha value is -0.120. The maximum absolute atomic E-state index is 5.95. The number of nitrogens with zero attached hydrogens (tertiary/aromatic N) is 1. The van der Waals surface area contributed by atoms with E-state index in [4.69, 9.17) is 11.5 Å². The van der Waals surface area contributed by atoms with Gasteiger partial charge in [-0.05, 0) is 38.9 Å². The van der Waals surface area contributed by atoms with E-state index in [2.05, 4.69) is 18.7 Å². The van der Waals surface area contributed by atoms with Crippen LogP contribution in [0.4, 0.5) is 0 Å². The Kier molecular flexibility index (Phi) is 7.45. The Labute approximate surface area is 76.1 Å². The van der Waals surface area contributed by atoms with Crippen LogP contribution in [-0.2, 0) is 0 Å². The van der Waals surface area contributed by atoms with Gasteiger partial charge in [-0.25, -0.2) is 0 Å². The van der Waals surface area contributed by atoms with Crippen molar-refractivity contribution in [1.82, 2.24) is 4.90 Å². The van der Waals surface area contributed by atoms with Crippen molar-refractivity contribution in [2.75, 3.05) is 19.6 Å². The molecule has 0 aromatic rings. The number of hydrogen-bond donors (Lipinski definition) is 2. The Morgan fingerprint density at radius 3 is 2.00 bits per heavy atom. The smallest absolute Gasteiger partial charge is 0.0583 e. The van der Waals surface area contributed by atoms with E-state index >= 15 is 0 Å². The van der Waals surface area contributed by atoms with Gasteiger partial charge in [-0.3, -0.25) is 4.90 Å². The molecular weight excluding hydrogens is 150 g/mol. The minimum absolute atomic E-state index is 0.162. The molecule has 1 atom stereocenters. The Bertz CT molecular complexity index is 89.8. The summed E-state index contributed by atoms with van der Waals surface area (Å²) in [4.78, 5) is 2.31. The minimum Gasteiger partial charge on any atom is -0.330 e. The summed E-state index contributed by atoms with van der Waals surface area (Å²) in [5.41, 5.74) is 11.4. The summed E-state index contributed by atoms with van der Waals surface area (Å²) >= 11 is 0. The lowest BCUT2D eigenvalue weighted by Gasteiger charge is -2.27. The molecular formula is C9H23N3. The van der Waals surface area contributed by atoms with Gasteiger partial charge in [0.1, 0.15) is 0 Å². The van der Waals surface area contributed by atoms with E-state index < -0.39 is 0 Å². The molecule has 0 heterocycles. The van der Waals surface area contributed by atoms with Crippen molar-refractivity contribution in [2.45, 2.75) is 39.3 Å². The molecule has 0 saturated heterocycles. The highest BCUT2D eigenvalue weighted by Crippen LogP contribution is 2.00. The lowest BCUT2D eigenvalue weighted by Crippen LogP contribution is -2.44. The molecule has 0 saturated carbocycles. The Morgan fingerprint density at radius 2 is 1.67 bits per heavy atom. The molecule has 0 bridgehead atoms. The number of rotatable bonds is 7. The standard InChI is InChI=1S/C9H23N3/c1-3-7-12(8-4-2)9(11)5-6-10/h9H,3-8,10-11H2,1-2H3. The van der Waals surface area contributed by atoms with E-state index in [0.29, 0.717) is 6.54 Å². The average molecular weight is 173 g/mol. The summed E-state index contributed by atoms with van der Waals surface area (Å²) < 4.78 is 0. The molecule has 12 heavy (non-hydrogen) atoms. The highest BCUT2D eigenvalue weighted by molar-refractivity contribution is 4.65. The lowest BCUT2D eigenvalue weighted by molar-refractivity contribution is 0.193. The van der Waals surface area contributed by atoms with E-state index in [1.165, 1.54) is 0 Å². The van der Waals surface area contributed by atoms with Gasteiger partial charge in [-0.15, -0.1) is 0 Å². The molecule has 4 N–H and O–H groups in total. The van der Waals surface area contributed by atoms with Crippen molar-refractivity contribution < 1.29 is 0 Å². The average Bonchev–Trinajstić information content (AvgIpc) is 2.04. The Morgan fingerprint density at radius 1 is 1.17 bits per heavy atom. The monoisotopic (exact) mass is 173 g/mol. The number of nitrogens with two attached hydrogens (primary N) is 2. The van der Waals surface area contributed by atoms with Crippen LogP contribution in [-0.4, -0.2) is 30.7 Å². The van der Waals surface area contributed by atoms with Crippen LogP contribution < -0.4 is 11.5 Å². The maximum Gasteiger partial charge on any atom is 0.0583 e. The molecule has 0 aromatic carbocycles. The minimum atomic E-state index is 0.162. The second-order valence-electron chi connectivity index (χ2n) is 3.18. The van der Waals surface area contributed by atoms with E-state index in [0.717, 1.165) is 32.4 Å². The zero-order valence-corrected chi connectivity index (χ0v) is 8.42. The molecule has 0 spiro atoms. The predicted octanol–water partition coefficient (Wildman–Crippen LogP) is 0.742. The summed E-state index contributed by atoms with van der Waals surface area (Å²) in [6, 6.07) is 0. The molecule has 0 aliphatic carbocycles. The molecule has 3 heteroatoms. The quantitative estimate of drug-likeness (QED) is 0.558. The second kappa shape index (κ2) is 7.53. The van der Waals surface area contributed by atoms with E-state index in [1.807, 2.05) is 0 Å². The van der Waals surface area contributed by atoms with Gasteiger partial charge in [0, 0.05) is 0 Å². The molecule has 0 aliphatic heterocycles. The zero-order chi connectivity index (χ0) is 9.40. The maximum atomic E-state index is 5.95. The molecule has 0 aliphatic rings. The highest BCUT2D eigenvalue weighted by Gasteiger charge is 2.10. The number of hydrogen-bond acceptors (Lipinski definition) is 3. The van der Waals surface area contributed by atoms with Gasteiger partial charge in [0.15, 0.2) is 0 Å². The van der Waals surface area contributed by atoms with Crippen molar-refractivity contribution in [3.05, 3.63) is 0 Å². The Balaban J connectivity index is 3.72.